The van der Waals surface area contributed by atoms with E-state index in [1.165, 1.54) is 45.6 Å². The number of nitro groups is 1. The van der Waals surface area contributed by atoms with Crippen LogP contribution < -0.4 is 19.5 Å². The molecule has 0 aliphatic heterocycles. The van der Waals surface area contributed by atoms with E-state index in [0.29, 0.717) is 17.2 Å². The number of ether oxygens (including phenoxy) is 3. The van der Waals surface area contributed by atoms with Gasteiger partial charge in [-0.05, 0) is 30.3 Å². The molecule has 0 heterocycles. The summed E-state index contributed by atoms with van der Waals surface area (Å²) in [5, 5.41) is 13.7. The number of hydrogen-bond acceptors (Lipinski definition) is 6. The lowest BCUT2D eigenvalue weighted by atomic mass is 10.1. The van der Waals surface area contributed by atoms with Crippen LogP contribution in [0.2, 0.25) is 0 Å². The summed E-state index contributed by atoms with van der Waals surface area (Å²) in [4.78, 5) is 23.1. The summed E-state index contributed by atoms with van der Waals surface area (Å²) in [6.45, 7) is 0. The Labute approximate surface area is 138 Å². The minimum atomic E-state index is -0.596. The fourth-order valence-electron chi connectivity index (χ4n) is 2.08. The highest BCUT2D eigenvalue weighted by atomic mass is 16.6. The molecule has 24 heavy (non-hydrogen) atoms. The van der Waals surface area contributed by atoms with Crippen molar-refractivity contribution in [3.8, 4) is 17.2 Å². The third-order valence-corrected chi connectivity index (χ3v) is 3.30. The summed E-state index contributed by atoms with van der Waals surface area (Å²) in [5.41, 5.74) is -0.0257. The molecular formula is C16H16N2O6. The van der Waals surface area contributed by atoms with Gasteiger partial charge in [0.2, 0.25) is 0 Å². The number of nitrogens with zero attached hydrogens (tertiary/aromatic N) is 1. The van der Waals surface area contributed by atoms with Gasteiger partial charge in [-0.3, -0.25) is 14.9 Å². The molecule has 0 radical (unpaired) electrons. The number of nitrogens with one attached hydrogen (secondary N) is 1. The van der Waals surface area contributed by atoms with Gasteiger partial charge in [0.1, 0.15) is 22.9 Å². The van der Waals surface area contributed by atoms with Crippen LogP contribution in [-0.4, -0.2) is 32.2 Å². The second-order valence-electron chi connectivity index (χ2n) is 4.66. The van der Waals surface area contributed by atoms with E-state index in [1.54, 1.807) is 12.1 Å². The number of carbonyl (C=O) groups excluding carboxylic acids is 1. The predicted octanol–water partition coefficient (Wildman–Crippen LogP) is 2.87. The van der Waals surface area contributed by atoms with Crippen LogP contribution in [0.1, 0.15) is 10.4 Å². The van der Waals surface area contributed by atoms with Crippen LogP contribution in [0.15, 0.2) is 36.4 Å². The molecule has 0 spiro atoms. The fraction of sp³-hybridized carbons (Fsp3) is 0.188. The molecule has 2 aromatic carbocycles. The molecule has 8 nitrogen and oxygen atoms in total. The maximum absolute atomic E-state index is 12.5. The molecular weight excluding hydrogens is 316 g/mol. The van der Waals surface area contributed by atoms with Gasteiger partial charge in [0.15, 0.2) is 0 Å². The molecule has 1 amide bonds. The number of methoxy groups -OCH3 is 3. The molecule has 0 atom stereocenters. The largest absolute Gasteiger partial charge is 0.497 e. The predicted molar refractivity (Wildman–Crippen MR) is 87.1 cm³/mol. The first-order valence-corrected chi connectivity index (χ1v) is 6.86. The first-order chi connectivity index (χ1) is 11.5. The Kier molecular flexibility index (Phi) is 5.20. The van der Waals surface area contributed by atoms with Crippen LogP contribution in [0.5, 0.6) is 17.2 Å². The van der Waals surface area contributed by atoms with Crippen LogP contribution in [0.3, 0.4) is 0 Å². The first kappa shape index (κ1) is 17.1. The Morgan fingerprint density at radius 1 is 1.00 bits per heavy atom. The number of anilines is 1. The quantitative estimate of drug-likeness (QED) is 0.645. The minimum absolute atomic E-state index is 0.0515. The lowest BCUT2D eigenvalue weighted by Crippen LogP contribution is -2.14. The van der Waals surface area contributed by atoms with Gasteiger partial charge in [-0.25, -0.2) is 0 Å². The van der Waals surface area contributed by atoms with E-state index in [0.717, 1.165) is 0 Å². The highest BCUT2D eigenvalue weighted by Crippen LogP contribution is 2.31. The van der Waals surface area contributed by atoms with Crippen LogP contribution in [-0.2, 0) is 0 Å². The standard InChI is InChI=1S/C16H16N2O6/c1-22-10-5-7-15(24-3)12(8-10)16(19)17-13-6-4-11(23-2)9-14(13)18(20)21/h4-9H,1-3H3,(H,17,19). The number of hydrogen-bond donors (Lipinski definition) is 1. The fourth-order valence-corrected chi connectivity index (χ4v) is 2.08. The maximum Gasteiger partial charge on any atom is 0.296 e. The van der Waals surface area contributed by atoms with Gasteiger partial charge in [-0.2, -0.15) is 0 Å². The summed E-state index contributed by atoms with van der Waals surface area (Å²) < 4.78 is 15.2. The van der Waals surface area contributed by atoms with Gasteiger partial charge in [0.05, 0.1) is 37.9 Å². The molecule has 1 N–H and O–H groups in total. The lowest BCUT2D eigenvalue weighted by Gasteiger charge is -2.11. The van der Waals surface area contributed by atoms with Gasteiger partial charge in [0.25, 0.3) is 11.6 Å². The average molecular weight is 332 g/mol. The zero-order valence-corrected chi connectivity index (χ0v) is 13.4. The Morgan fingerprint density at radius 3 is 2.21 bits per heavy atom. The van der Waals surface area contributed by atoms with Crippen molar-refractivity contribution < 1.29 is 23.9 Å². The van der Waals surface area contributed by atoms with Crippen molar-refractivity contribution in [3.05, 3.63) is 52.1 Å². The third kappa shape index (κ3) is 3.54. The van der Waals surface area contributed by atoms with E-state index in [4.69, 9.17) is 14.2 Å². The Hall–Kier alpha value is -3.29. The van der Waals surface area contributed by atoms with Gasteiger partial charge in [-0.1, -0.05) is 0 Å². The van der Waals surface area contributed by atoms with Crippen LogP contribution in [0.25, 0.3) is 0 Å². The van der Waals surface area contributed by atoms with Gasteiger partial charge in [0, 0.05) is 0 Å². The number of amides is 1. The van der Waals surface area contributed by atoms with Crippen LogP contribution in [0, 0.1) is 10.1 Å². The number of benzene rings is 2. The number of carbonyl (C=O) groups is 1. The molecule has 0 saturated carbocycles. The van der Waals surface area contributed by atoms with E-state index in [-0.39, 0.29) is 16.9 Å². The highest BCUT2D eigenvalue weighted by Gasteiger charge is 2.20. The summed E-state index contributed by atoms with van der Waals surface area (Å²) in [5.74, 6) is 0.548. The molecule has 2 rings (SSSR count). The second kappa shape index (κ2) is 7.32. The normalized spacial score (nSPS) is 9.96. The van der Waals surface area contributed by atoms with Crippen molar-refractivity contribution in [1.29, 1.82) is 0 Å². The SMILES string of the molecule is COc1ccc(OC)c(C(=O)Nc2ccc(OC)cc2[N+](=O)[O-])c1. The van der Waals surface area contributed by atoms with Crippen molar-refractivity contribution in [2.75, 3.05) is 26.6 Å². The molecule has 126 valence electrons. The molecule has 0 aliphatic carbocycles. The van der Waals surface area contributed by atoms with Gasteiger partial charge in [-0.15, -0.1) is 0 Å². The monoisotopic (exact) mass is 332 g/mol. The van der Waals surface area contributed by atoms with E-state index in [2.05, 4.69) is 5.32 Å². The van der Waals surface area contributed by atoms with Crippen LogP contribution in [0.4, 0.5) is 11.4 Å². The first-order valence-electron chi connectivity index (χ1n) is 6.86. The molecule has 8 heteroatoms. The molecule has 0 aliphatic rings. The molecule has 0 fully saturated rings. The van der Waals surface area contributed by atoms with Crippen molar-refractivity contribution in [2.45, 2.75) is 0 Å². The smallest absolute Gasteiger partial charge is 0.296 e. The summed E-state index contributed by atoms with van der Waals surface area (Å²) in [7, 11) is 4.30. The topological polar surface area (TPSA) is 99.9 Å². The maximum atomic E-state index is 12.5. The molecule has 0 bridgehead atoms. The highest BCUT2D eigenvalue weighted by molar-refractivity contribution is 6.07. The van der Waals surface area contributed by atoms with Crippen LogP contribution >= 0.6 is 0 Å². The summed E-state index contributed by atoms with van der Waals surface area (Å²) in [6.07, 6.45) is 0. The van der Waals surface area contributed by atoms with E-state index in [1.807, 2.05) is 0 Å². The Bertz CT molecular complexity index is 775. The van der Waals surface area contributed by atoms with Crippen molar-refractivity contribution in [1.82, 2.24) is 0 Å². The Balaban J connectivity index is 2.38. The van der Waals surface area contributed by atoms with Crippen molar-refractivity contribution >= 4 is 17.3 Å². The minimum Gasteiger partial charge on any atom is -0.497 e. The van der Waals surface area contributed by atoms with Crippen molar-refractivity contribution in [3.63, 3.8) is 0 Å². The third-order valence-electron chi connectivity index (χ3n) is 3.30. The molecule has 0 saturated heterocycles. The van der Waals surface area contributed by atoms with Crippen molar-refractivity contribution in [2.24, 2.45) is 0 Å². The summed E-state index contributed by atoms with van der Waals surface area (Å²) >= 11 is 0. The Morgan fingerprint density at radius 2 is 1.62 bits per heavy atom. The molecule has 0 unspecified atom stereocenters. The zero-order chi connectivity index (χ0) is 17.7. The summed E-state index contributed by atoms with van der Waals surface area (Å²) in [6, 6.07) is 8.87. The lowest BCUT2D eigenvalue weighted by molar-refractivity contribution is -0.384. The number of rotatable bonds is 6. The van der Waals surface area contributed by atoms with E-state index >= 15 is 0 Å². The van der Waals surface area contributed by atoms with Gasteiger partial charge >= 0.3 is 0 Å². The second-order valence-corrected chi connectivity index (χ2v) is 4.66. The van der Waals surface area contributed by atoms with E-state index in [9.17, 15) is 14.9 Å². The zero-order valence-electron chi connectivity index (χ0n) is 13.4. The van der Waals surface area contributed by atoms with E-state index < -0.39 is 10.8 Å². The molecule has 2 aromatic rings. The van der Waals surface area contributed by atoms with Gasteiger partial charge < -0.3 is 19.5 Å². The molecule has 0 aromatic heterocycles. The number of nitro benzene ring substituents is 1. The average Bonchev–Trinajstić information content (AvgIpc) is 2.61.